The van der Waals surface area contributed by atoms with Crippen molar-refractivity contribution in [1.82, 2.24) is 15.0 Å². The Hall–Kier alpha value is -0.302. The summed E-state index contributed by atoms with van der Waals surface area (Å²) in [5, 5.41) is 0. The number of aromatic nitrogens is 3. The van der Waals surface area contributed by atoms with E-state index in [9.17, 15) is 0 Å². The average Bonchev–Trinajstić information content (AvgIpc) is 1.69. The minimum atomic E-state index is 0. The van der Waals surface area contributed by atoms with Gasteiger partial charge < -0.3 is 0 Å². The SMILES string of the molecule is Cc1ncncn1.[Pt]. The molecule has 0 aliphatic rings. The van der Waals surface area contributed by atoms with E-state index in [2.05, 4.69) is 15.0 Å². The van der Waals surface area contributed by atoms with Gasteiger partial charge >= 0.3 is 0 Å². The monoisotopic (exact) mass is 290 g/mol. The molecule has 0 fully saturated rings. The van der Waals surface area contributed by atoms with Crippen LogP contribution in [0.25, 0.3) is 0 Å². The van der Waals surface area contributed by atoms with Gasteiger partial charge in [-0.15, -0.1) is 0 Å². The first-order chi connectivity index (χ1) is 3.39. The van der Waals surface area contributed by atoms with Crippen LogP contribution in [-0.4, -0.2) is 15.0 Å². The van der Waals surface area contributed by atoms with Crippen LogP contribution in [0, 0.1) is 6.92 Å². The van der Waals surface area contributed by atoms with Crippen LogP contribution in [0.15, 0.2) is 12.7 Å². The maximum Gasteiger partial charge on any atom is 0.128 e. The molecule has 46 valence electrons. The molecule has 0 amide bonds. The zero-order valence-electron chi connectivity index (χ0n) is 4.31. The van der Waals surface area contributed by atoms with E-state index in [-0.39, 0.29) is 21.1 Å². The van der Waals surface area contributed by atoms with Gasteiger partial charge in [-0.25, -0.2) is 15.0 Å². The van der Waals surface area contributed by atoms with Crippen LogP contribution in [-0.2, 0) is 21.1 Å². The van der Waals surface area contributed by atoms with Gasteiger partial charge in [-0.3, -0.25) is 0 Å². The minimum absolute atomic E-state index is 0. The molecule has 0 saturated heterocycles. The van der Waals surface area contributed by atoms with Gasteiger partial charge in [-0.1, -0.05) is 0 Å². The quantitative estimate of drug-likeness (QED) is 0.684. The van der Waals surface area contributed by atoms with Crippen molar-refractivity contribution in [2.45, 2.75) is 6.92 Å². The van der Waals surface area contributed by atoms with Gasteiger partial charge in [0.05, 0.1) is 0 Å². The Labute approximate surface area is 61.8 Å². The Balaban J connectivity index is 0.000000490. The summed E-state index contributed by atoms with van der Waals surface area (Å²) in [6.07, 6.45) is 2.95. The third-order valence-corrected chi connectivity index (χ3v) is 0.622. The third kappa shape index (κ3) is 2.12. The van der Waals surface area contributed by atoms with Crippen LogP contribution >= 0.6 is 0 Å². The Morgan fingerprint density at radius 2 is 1.75 bits per heavy atom. The fourth-order valence-electron chi connectivity index (χ4n) is 0.297. The number of rotatable bonds is 0. The second kappa shape index (κ2) is 3.67. The fraction of sp³-hybridized carbons (Fsp3) is 0.250. The van der Waals surface area contributed by atoms with Crippen LogP contribution < -0.4 is 0 Å². The number of aryl methyl sites for hydroxylation is 1. The number of hydrogen-bond acceptors (Lipinski definition) is 3. The summed E-state index contributed by atoms with van der Waals surface area (Å²) in [6, 6.07) is 0. The molecule has 0 atom stereocenters. The maximum absolute atomic E-state index is 3.76. The molecule has 1 rings (SSSR count). The van der Waals surface area contributed by atoms with Crippen molar-refractivity contribution in [2.24, 2.45) is 0 Å². The minimum Gasteiger partial charge on any atom is -0.225 e. The van der Waals surface area contributed by atoms with Crippen LogP contribution in [0.3, 0.4) is 0 Å². The third-order valence-electron chi connectivity index (χ3n) is 0.622. The second-order valence-corrected chi connectivity index (χ2v) is 1.19. The van der Waals surface area contributed by atoms with Gasteiger partial charge in [0, 0.05) is 21.1 Å². The van der Waals surface area contributed by atoms with Crippen molar-refractivity contribution >= 4 is 0 Å². The summed E-state index contributed by atoms with van der Waals surface area (Å²) in [5.41, 5.74) is 0. The summed E-state index contributed by atoms with van der Waals surface area (Å²) >= 11 is 0. The second-order valence-electron chi connectivity index (χ2n) is 1.19. The van der Waals surface area contributed by atoms with Crippen LogP contribution in [0.5, 0.6) is 0 Å². The maximum atomic E-state index is 3.76. The first-order valence-electron chi connectivity index (χ1n) is 1.98. The molecule has 8 heavy (non-hydrogen) atoms. The van der Waals surface area contributed by atoms with Gasteiger partial charge in [0.15, 0.2) is 0 Å². The van der Waals surface area contributed by atoms with E-state index in [1.165, 1.54) is 12.7 Å². The molecule has 4 heteroatoms. The topological polar surface area (TPSA) is 38.7 Å². The van der Waals surface area contributed by atoms with Gasteiger partial charge in [-0.05, 0) is 6.92 Å². The smallest absolute Gasteiger partial charge is 0.128 e. The summed E-state index contributed by atoms with van der Waals surface area (Å²) < 4.78 is 0. The molecule has 0 aliphatic carbocycles. The van der Waals surface area contributed by atoms with E-state index in [0.29, 0.717) is 0 Å². The van der Waals surface area contributed by atoms with Crippen molar-refractivity contribution in [3.8, 4) is 0 Å². The molecular weight excluding hydrogens is 285 g/mol. The number of nitrogens with zero attached hydrogens (tertiary/aromatic N) is 3. The van der Waals surface area contributed by atoms with E-state index in [1.54, 1.807) is 0 Å². The molecule has 1 aromatic rings. The predicted molar refractivity (Wildman–Crippen MR) is 24.6 cm³/mol. The van der Waals surface area contributed by atoms with E-state index in [4.69, 9.17) is 0 Å². The molecule has 0 saturated carbocycles. The molecule has 3 nitrogen and oxygen atoms in total. The van der Waals surface area contributed by atoms with Gasteiger partial charge in [0.1, 0.15) is 18.5 Å². The van der Waals surface area contributed by atoms with Gasteiger partial charge in [0.2, 0.25) is 0 Å². The molecule has 0 unspecified atom stereocenters. The van der Waals surface area contributed by atoms with E-state index >= 15 is 0 Å². The fourth-order valence-corrected chi connectivity index (χ4v) is 0.297. The molecular formula is C4H5N3Pt. The first-order valence-corrected chi connectivity index (χ1v) is 1.98. The molecule has 0 aliphatic heterocycles. The molecule has 0 spiro atoms. The van der Waals surface area contributed by atoms with Crippen molar-refractivity contribution in [2.75, 3.05) is 0 Å². The number of hydrogen-bond donors (Lipinski definition) is 0. The Morgan fingerprint density at radius 3 is 2.00 bits per heavy atom. The van der Waals surface area contributed by atoms with E-state index in [1.807, 2.05) is 6.92 Å². The van der Waals surface area contributed by atoms with Gasteiger partial charge in [0.25, 0.3) is 0 Å². The van der Waals surface area contributed by atoms with Crippen LogP contribution in [0.1, 0.15) is 5.82 Å². The zero-order valence-corrected chi connectivity index (χ0v) is 6.58. The largest absolute Gasteiger partial charge is 0.225 e. The zero-order chi connectivity index (χ0) is 5.11. The standard InChI is InChI=1S/C4H5N3.Pt/c1-4-6-2-5-3-7-4;/h2-3H,1H3;. The molecule has 0 N–H and O–H groups in total. The van der Waals surface area contributed by atoms with Crippen LogP contribution in [0.4, 0.5) is 0 Å². The predicted octanol–water partition coefficient (Wildman–Crippen LogP) is 0.178. The first kappa shape index (κ1) is 7.70. The van der Waals surface area contributed by atoms with Crippen molar-refractivity contribution in [3.05, 3.63) is 18.5 Å². The molecule has 0 bridgehead atoms. The van der Waals surface area contributed by atoms with Crippen LogP contribution in [0.2, 0.25) is 0 Å². The van der Waals surface area contributed by atoms with Crippen molar-refractivity contribution < 1.29 is 21.1 Å². The summed E-state index contributed by atoms with van der Waals surface area (Å²) in [5.74, 6) is 0.759. The molecule has 0 aromatic carbocycles. The van der Waals surface area contributed by atoms with E-state index in [0.717, 1.165) is 5.82 Å². The Bertz CT molecular complexity index is 141. The molecule has 1 heterocycles. The Morgan fingerprint density at radius 1 is 1.25 bits per heavy atom. The van der Waals surface area contributed by atoms with Crippen molar-refractivity contribution in [1.29, 1.82) is 0 Å². The summed E-state index contributed by atoms with van der Waals surface area (Å²) in [7, 11) is 0. The molecule has 0 radical (unpaired) electrons. The van der Waals surface area contributed by atoms with E-state index < -0.39 is 0 Å². The summed E-state index contributed by atoms with van der Waals surface area (Å²) in [6.45, 7) is 1.82. The summed E-state index contributed by atoms with van der Waals surface area (Å²) in [4.78, 5) is 11.1. The normalized spacial score (nSPS) is 7.62. The average molecular weight is 290 g/mol. The van der Waals surface area contributed by atoms with Gasteiger partial charge in [-0.2, -0.15) is 0 Å². The van der Waals surface area contributed by atoms with Crippen molar-refractivity contribution in [3.63, 3.8) is 0 Å². The Kier molecular flexibility index (Phi) is 3.53. The molecule has 1 aromatic heterocycles.